The second-order valence-electron chi connectivity index (χ2n) is 8.05. The van der Waals surface area contributed by atoms with Crippen molar-refractivity contribution in [3.05, 3.63) is 41.8 Å². The largest absolute Gasteiger partial charge is 0.444 e. The van der Waals surface area contributed by atoms with Gasteiger partial charge in [-0.1, -0.05) is 0 Å². The van der Waals surface area contributed by atoms with Crippen LogP contribution in [0.15, 0.2) is 30.3 Å². The zero-order chi connectivity index (χ0) is 22.8. The van der Waals surface area contributed by atoms with Gasteiger partial charge in [-0.2, -0.15) is 13.2 Å². The Bertz CT molecular complexity index is 921. The van der Waals surface area contributed by atoms with Gasteiger partial charge < -0.3 is 19.9 Å². The minimum Gasteiger partial charge on any atom is -0.444 e. The summed E-state index contributed by atoms with van der Waals surface area (Å²) in [6.45, 7) is 6.69. The number of anilines is 3. The number of carbonyl (C=O) groups is 1. The average Bonchev–Trinajstić information content (AvgIpc) is 2.68. The van der Waals surface area contributed by atoms with Gasteiger partial charge in [0, 0.05) is 37.9 Å². The first kappa shape index (κ1) is 22.6. The molecule has 1 saturated heterocycles. The molecular formula is C20H23F4N5O2. The molecule has 1 aliphatic rings. The number of alkyl halides is 3. The number of hydrogen-bond acceptors (Lipinski definition) is 6. The lowest BCUT2D eigenvalue weighted by atomic mass is 10.2. The fourth-order valence-corrected chi connectivity index (χ4v) is 2.97. The van der Waals surface area contributed by atoms with E-state index in [9.17, 15) is 22.4 Å². The smallest absolute Gasteiger partial charge is 0.437 e. The third-order valence-corrected chi connectivity index (χ3v) is 4.43. The number of amides is 1. The Labute approximate surface area is 177 Å². The summed E-state index contributed by atoms with van der Waals surface area (Å²) >= 11 is 0. The van der Waals surface area contributed by atoms with Crippen molar-refractivity contribution >= 4 is 23.3 Å². The summed E-state index contributed by atoms with van der Waals surface area (Å²) in [5, 5.41) is 9.76. The molecule has 1 amide bonds. The van der Waals surface area contributed by atoms with Crippen LogP contribution in [0.4, 0.5) is 39.5 Å². The molecule has 3 rings (SSSR count). The van der Waals surface area contributed by atoms with Gasteiger partial charge in [-0.25, -0.2) is 9.18 Å². The second-order valence-corrected chi connectivity index (χ2v) is 8.05. The molecule has 0 radical (unpaired) electrons. The molecular weight excluding hydrogens is 418 g/mol. The average molecular weight is 441 g/mol. The van der Waals surface area contributed by atoms with Gasteiger partial charge in [0.2, 0.25) is 0 Å². The highest BCUT2D eigenvalue weighted by Gasteiger charge is 2.37. The van der Waals surface area contributed by atoms with E-state index < -0.39 is 29.4 Å². The molecule has 1 N–H and O–H groups in total. The molecule has 31 heavy (non-hydrogen) atoms. The van der Waals surface area contributed by atoms with Gasteiger partial charge in [0.05, 0.1) is 5.69 Å². The van der Waals surface area contributed by atoms with Gasteiger partial charge in [-0.15, -0.1) is 10.2 Å². The molecule has 11 heteroatoms. The molecule has 1 fully saturated rings. The molecule has 2 heterocycles. The summed E-state index contributed by atoms with van der Waals surface area (Å²) < 4.78 is 58.6. The van der Waals surface area contributed by atoms with E-state index in [1.165, 1.54) is 23.1 Å². The summed E-state index contributed by atoms with van der Waals surface area (Å²) in [7, 11) is 0. The van der Waals surface area contributed by atoms with E-state index in [1.807, 2.05) is 0 Å². The van der Waals surface area contributed by atoms with Crippen LogP contribution in [-0.4, -0.2) is 53.0 Å². The van der Waals surface area contributed by atoms with Crippen LogP contribution in [0.25, 0.3) is 0 Å². The number of hydrogen-bond donors (Lipinski definition) is 1. The van der Waals surface area contributed by atoms with Crippen molar-refractivity contribution in [2.75, 3.05) is 36.4 Å². The maximum atomic E-state index is 13.4. The lowest BCUT2D eigenvalue weighted by Gasteiger charge is -2.36. The highest BCUT2D eigenvalue weighted by molar-refractivity contribution is 5.69. The molecule has 1 aromatic heterocycles. The normalized spacial score (nSPS) is 15.1. The summed E-state index contributed by atoms with van der Waals surface area (Å²) in [5.74, 6) is -0.264. The molecule has 0 aliphatic carbocycles. The van der Waals surface area contributed by atoms with Crippen molar-refractivity contribution in [2.24, 2.45) is 0 Å². The number of rotatable bonds is 3. The Morgan fingerprint density at radius 3 is 2.19 bits per heavy atom. The third kappa shape index (κ3) is 5.96. The quantitative estimate of drug-likeness (QED) is 0.711. The molecule has 0 atom stereocenters. The number of halogens is 4. The van der Waals surface area contributed by atoms with Crippen molar-refractivity contribution in [1.82, 2.24) is 15.1 Å². The molecule has 1 aliphatic heterocycles. The Balaban J connectivity index is 1.76. The standard InChI is InChI=1S/C20H23F4N5O2/c1-19(2,3)31-18(30)29-10-8-28(9-11-29)16-12-15(17(27-26-16)20(22,23)24)25-14-6-4-13(21)5-7-14/h4-7,12H,8-11H2,1-3H3,(H,25,26). The van der Waals surface area contributed by atoms with Gasteiger partial charge in [0.1, 0.15) is 11.4 Å². The van der Waals surface area contributed by atoms with Crippen molar-refractivity contribution in [1.29, 1.82) is 0 Å². The SMILES string of the molecule is CC(C)(C)OC(=O)N1CCN(c2cc(Nc3ccc(F)cc3)c(C(F)(F)F)nn2)CC1. The van der Waals surface area contributed by atoms with Gasteiger partial charge in [0.15, 0.2) is 11.5 Å². The first-order valence-corrected chi connectivity index (χ1v) is 9.63. The number of benzene rings is 1. The van der Waals surface area contributed by atoms with E-state index in [-0.39, 0.29) is 17.2 Å². The zero-order valence-electron chi connectivity index (χ0n) is 17.3. The first-order valence-electron chi connectivity index (χ1n) is 9.63. The molecule has 168 valence electrons. The van der Waals surface area contributed by atoms with Crippen LogP contribution in [0.5, 0.6) is 0 Å². The topological polar surface area (TPSA) is 70.6 Å². The van der Waals surface area contributed by atoms with Crippen LogP contribution < -0.4 is 10.2 Å². The van der Waals surface area contributed by atoms with Gasteiger partial charge >= 0.3 is 12.3 Å². The Kier molecular flexibility index (Phi) is 6.23. The van der Waals surface area contributed by atoms with Crippen molar-refractivity contribution in [3.63, 3.8) is 0 Å². The number of carbonyl (C=O) groups excluding carboxylic acids is 1. The highest BCUT2D eigenvalue weighted by Crippen LogP contribution is 2.35. The Morgan fingerprint density at radius 2 is 1.65 bits per heavy atom. The Hall–Kier alpha value is -3.11. The molecule has 0 saturated carbocycles. The van der Waals surface area contributed by atoms with Crippen molar-refractivity contribution in [2.45, 2.75) is 32.5 Å². The monoisotopic (exact) mass is 441 g/mol. The number of nitrogens with one attached hydrogen (secondary N) is 1. The van der Waals surface area contributed by atoms with Gasteiger partial charge in [0.25, 0.3) is 0 Å². The third-order valence-electron chi connectivity index (χ3n) is 4.43. The lowest BCUT2D eigenvalue weighted by Crippen LogP contribution is -2.50. The fraction of sp³-hybridized carbons (Fsp3) is 0.450. The first-order chi connectivity index (χ1) is 14.4. The summed E-state index contributed by atoms with van der Waals surface area (Å²) in [5.41, 5.74) is -1.80. The van der Waals surface area contributed by atoms with Crippen molar-refractivity contribution < 1.29 is 27.1 Å². The minimum absolute atomic E-state index is 0.237. The van der Waals surface area contributed by atoms with Gasteiger partial charge in [-0.3, -0.25) is 0 Å². The van der Waals surface area contributed by atoms with Crippen LogP contribution in [0.1, 0.15) is 26.5 Å². The van der Waals surface area contributed by atoms with E-state index in [2.05, 4.69) is 15.5 Å². The number of nitrogens with zero attached hydrogens (tertiary/aromatic N) is 4. The fourth-order valence-electron chi connectivity index (χ4n) is 2.97. The summed E-state index contributed by atoms with van der Waals surface area (Å²) in [6.07, 6.45) is -5.16. The van der Waals surface area contributed by atoms with Crippen molar-refractivity contribution in [3.8, 4) is 0 Å². The van der Waals surface area contributed by atoms with E-state index in [0.717, 1.165) is 12.1 Å². The lowest BCUT2D eigenvalue weighted by molar-refractivity contribution is -0.141. The number of piperazine rings is 1. The summed E-state index contributed by atoms with van der Waals surface area (Å²) in [6, 6.07) is 6.19. The minimum atomic E-state index is -4.72. The van der Waals surface area contributed by atoms with Crippen LogP contribution in [0.2, 0.25) is 0 Å². The number of ether oxygens (including phenoxy) is 1. The second kappa shape index (κ2) is 8.56. The highest BCUT2D eigenvalue weighted by atomic mass is 19.4. The van der Waals surface area contributed by atoms with Crippen LogP contribution >= 0.6 is 0 Å². The van der Waals surface area contributed by atoms with Gasteiger partial charge in [-0.05, 0) is 45.0 Å². The molecule has 2 aromatic rings. The molecule has 1 aromatic carbocycles. The molecule has 7 nitrogen and oxygen atoms in total. The van der Waals surface area contributed by atoms with E-state index in [0.29, 0.717) is 26.2 Å². The molecule has 0 spiro atoms. The predicted octanol–water partition coefficient (Wildman–Crippen LogP) is 4.44. The molecule has 0 unspecified atom stereocenters. The summed E-state index contributed by atoms with van der Waals surface area (Å²) in [4.78, 5) is 15.5. The molecule has 0 bridgehead atoms. The van der Waals surface area contributed by atoms with Crippen LogP contribution in [-0.2, 0) is 10.9 Å². The zero-order valence-corrected chi connectivity index (χ0v) is 17.3. The number of aromatic nitrogens is 2. The maximum Gasteiger partial charge on any atom is 0.437 e. The van der Waals surface area contributed by atoms with Crippen LogP contribution in [0.3, 0.4) is 0 Å². The van der Waals surface area contributed by atoms with Crippen LogP contribution in [0, 0.1) is 5.82 Å². The van der Waals surface area contributed by atoms with E-state index in [1.54, 1.807) is 25.7 Å². The Morgan fingerprint density at radius 1 is 1.03 bits per heavy atom. The van der Waals surface area contributed by atoms with E-state index >= 15 is 0 Å². The van der Waals surface area contributed by atoms with E-state index in [4.69, 9.17) is 4.74 Å². The predicted molar refractivity (Wildman–Crippen MR) is 107 cm³/mol. The maximum absolute atomic E-state index is 13.4.